The summed E-state index contributed by atoms with van der Waals surface area (Å²) in [5.74, 6) is 2.14. The van der Waals surface area contributed by atoms with E-state index in [1.54, 1.807) is 12.1 Å². The Hall–Kier alpha value is -2.31. The van der Waals surface area contributed by atoms with Gasteiger partial charge in [0, 0.05) is 18.6 Å². The monoisotopic (exact) mass is 270 g/mol. The summed E-state index contributed by atoms with van der Waals surface area (Å²) >= 11 is 0. The molecule has 7 heteroatoms. The third-order valence-electron chi connectivity index (χ3n) is 2.39. The predicted octanol–water partition coefficient (Wildman–Crippen LogP) is 1.23. The van der Waals surface area contributed by atoms with Gasteiger partial charge in [0.2, 0.25) is 5.75 Å². The van der Waals surface area contributed by atoms with Crippen molar-refractivity contribution in [2.75, 3.05) is 27.9 Å². The summed E-state index contributed by atoms with van der Waals surface area (Å²) < 4.78 is 21.1. The number of nitrogens with two attached hydrogens (primary N) is 1. The number of rotatable bonds is 7. The van der Waals surface area contributed by atoms with Crippen LogP contribution in [-0.4, -0.2) is 39.0 Å². The summed E-state index contributed by atoms with van der Waals surface area (Å²) in [6.07, 6.45) is 0.313. The molecule has 0 spiro atoms. The average molecular weight is 270 g/mol. The molecule has 19 heavy (non-hydrogen) atoms. The number of hydrogen-bond donors (Lipinski definition) is 2. The van der Waals surface area contributed by atoms with Crippen LogP contribution in [0, 0.1) is 0 Å². The van der Waals surface area contributed by atoms with Gasteiger partial charge >= 0.3 is 0 Å². The molecule has 1 aromatic carbocycles. The molecule has 0 aliphatic rings. The summed E-state index contributed by atoms with van der Waals surface area (Å²) in [6.45, 7) is 0.272. The Morgan fingerprint density at radius 2 is 1.74 bits per heavy atom. The lowest BCUT2D eigenvalue weighted by Crippen LogP contribution is -2.15. The zero-order valence-corrected chi connectivity index (χ0v) is 11.2. The van der Waals surface area contributed by atoms with Gasteiger partial charge < -0.3 is 29.9 Å². The van der Waals surface area contributed by atoms with Gasteiger partial charge in [-0.25, -0.2) is 0 Å². The summed E-state index contributed by atoms with van der Waals surface area (Å²) in [4.78, 5) is 0. The third-order valence-corrected chi connectivity index (χ3v) is 2.39. The average Bonchev–Trinajstić information content (AvgIpc) is 2.45. The molecule has 3 N–H and O–H groups in total. The molecule has 106 valence electrons. The second-order valence-electron chi connectivity index (χ2n) is 3.55. The van der Waals surface area contributed by atoms with Gasteiger partial charge in [-0.05, 0) is 0 Å². The van der Waals surface area contributed by atoms with Crippen molar-refractivity contribution in [1.29, 1.82) is 0 Å². The number of methoxy groups -OCH3 is 3. The minimum absolute atomic E-state index is 0.104. The Bertz CT molecular complexity index is 423. The van der Waals surface area contributed by atoms with Crippen molar-refractivity contribution in [1.82, 2.24) is 0 Å². The molecule has 0 aliphatic heterocycles. The first kappa shape index (κ1) is 14.7. The van der Waals surface area contributed by atoms with Crippen molar-refractivity contribution in [3.05, 3.63) is 12.1 Å². The van der Waals surface area contributed by atoms with E-state index in [1.165, 1.54) is 21.3 Å². The molecule has 0 unspecified atom stereocenters. The van der Waals surface area contributed by atoms with Crippen molar-refractivity contribution in [2.24, 2.45) is 10.9 Å². The van der Waals surface area contributed by atoms with E-state index in [0.29, 0.717) is 29.4 Å². The van der Waals surface area contributed by atoms with Gasteiger partial charge in [0.15, 0.2) is 11.5 Å². The van der Waals surface area contributed by atoms with E-state index >= 15 is 0 Å². The van der Waals surface area contributed by atoms with Gasteiger partial charge in [0.25, 0.3) is 0 Å². The molecule has 7 nitrogen and oxygen atoms in total. The summed E-state index contributed by atoms with van der Waals surface area (Å²) in [6, 6.07) is 3.35. The minimum atomic E-state index is 0.104. The molecule has 0 heterocycles. The van der Waals surface area contributed by atoms with Crippen LogP contribution in [0.2, 0.25) is 0 Å². The minimum Gasteiger partial charge on any atom is -0.493 e. The van der Waals surface area contributed by atoms with Crippen LogP contribution in [0.1, 0.15) is 6.42 Å². The highest BCUT2D eigenvalue weighted by molar-refractivity contribution is 5.79. The Morgan fingerprint density at radius 3 is 2.16 bits per heavy atom. The Kier molecular flexibility index (Phi) is 5.59. The summed E-state index contributed by atoms with van der Waals surface area (Å²) in [5, 5.41) is 11.3. The fourth-order valence-electron chi connectivity index (χ4n) is 1.46. The van der Waals surface area contributed by atoms with Crippen molar-refractivity contribution >= 4 is 5.84 Å². The van der Waals surface area contributed by atoms with Crippen LogP contribution in [0.5, 0.6) is 23.0 Å². The number of oxime groups is 1. The van der Waals surface area contributed by atoms with E-state index < -0.39 is 0 Å². The molecule has 0 radical (unpaired) electrons. The molecular formula is C12H18N2O5. The molecule has 0 saturated heterocycles. The van der Waals surface area contributed by atoms with Crippen molar-refractivity contribution in [3.8, 4) is 23.0 Å². The van der Waals surface area contributed by atoms with Crippen molar-refractivity contribution < 1.29 is 24.2 Å². The number of nitrogens with zero attached hydrogens (tertiary/aromatic N) is 1. The number of benzene rings is 1. The first-order valence-electron chi connectivity index (χ1n) is 5.55. The lowest BCUT2D eigenvalue weighted by molar-refractivity contribution is 0.297. The highest BCUT2D eigenvalue weighted by atomic mass is 16.5. The lowest BCUT2D eigenvalue weighted by atomic mass is 10.2. The fourth-order valence-corrected chi connectivity index (χ4v) is 1.46. The largest absolute Gasteiger partial charge is 0.493 e. The quantitative estimate of drug-likeness (QED) is 0.335. The van der Waals surface area contributed by atoms with Gasteiger partial charge in [-0.1, -0.05) is 5.16 Å². The molecule has 0 aliphatic carbocycles. The molecule has 1 aromatic rings. The predicted molar refractivity (Wildman–Crippen MR) is 69.6 cm³/mol. The highest BCUT2D eigenvalue weighted by Crippen LogP contribution is 2.40. The van der Waals surface area contributed by atoms with Gasteiger partial charge in [-0.3, -0.25) is 0 Å². The van der Waals surface area contributed by atoms with E-state index in [4.69, 9.17) is 29.9 Å². The second-order valence-corrected chi connectivity index (χ2v) is 3.55. The molecule has 0 amide bonds. The molecular weight excluding hydrogens is 252 g/mol. The number of amidine groups is 1. The fraction of sp³-hybridized carbons (Fsp3) is 0.417. The molecule has 1 rings (SSSR count). The maximum Gasteiger partial charge on any atom is 0.203 e. The maximum absolute atomic E-state index is 8.42. The first-order chi connectivity index (χ1) is 9.15. The lowest BCUT2D eigenvalue weighted by Gasteiger charge is -2.14. The van der Waals surface area contributed by atoms with E-state index in [1.807, 2.05) is 0 Å². The standard InChI is InChI=1S/C12H18N2O5/c1-16-9-6-8(19-5-4-11(13)14-15)7-10(17-2)12(9)18-3/h6-7,15H,4-5H2,1-3H3,(H2,13,14). The third kappa shape index (κ3) is 3.84. The molecule has 0 fully saturated rings. The van der Waals surface area contributed by atoms with E-state index in [-0.39, 0.29) is 12.4 Å². The van der Waals surface area contributed by atoms with Crippen LogP contribution >= 0.6 is 0 Å². The SMILES string of the molecule is COc1cc(OCC/C(N)=N/O)cc(OC)c1OC. The van der Waals surface area contributed by atoms with Gasteiger partial charge in [-0.15, -0.1) is 0 Å². The van der Waals surface area contributed by atoms with Crippen LogP contribution in [0.25, 0.3) is 0 Å². The van der Waals surface area contributed by atoms with Gasteiger partial charge in [0.05, 0.1) is 27.9 Å². The van der Waals surface area contributed by atoms with Crippen molar-refractivity contribution in [3.63, 3.8) is 0 Å². The van der Waals surface area contributed by atoms with Crippen LogP contribution in [0.4, 0.5) is 0 Å². The molecule has 0 saturated carbocycles. The Morgan fingerprint density at radius 1 is 1.16 bits per heavy atom. The van der Waals surface area contributed by atoms with Crippen molar-refractivity contribution in [2.45, 2.75) is 6.42 Å². The normalized spacial score (nSPS) is 11.0. The Labute approximate surface area is 111 Å². The first-order valence-corrected chi connectivity index (χ1v) is 5.55. The van der Waals surface area contributed by atoms with E-state index in [0.717, 1.165) is 0 Å². The maximum atomic E-state index is 8.42. The van der Waals surface area contributed by atoms with Gasteiger partial charge in [0.1, 0.15) is 11.6 Å². The van der Waals surface area contributed by atoms with Crippen LogP contribution in [-0.2, 0) is 0 Å². The van der Waals surface area contributed by atoms with E-state index in [2.05, 4.69) is 5.16 Å². The number of hydrogen-bond acceptors (Lipinski definition) is 6. The van der Waals surface area contributed by atoms with Crippen LogP contribution in [0.3, 0.4) is 0 Å². The smallest absolute Gasteiger partial charge is 0.203 e. The second kappa shape index (κ2) is 7.20. The van der Waals surface area contributed by atoms with E-state index in [9.17, 15) is 0 Å². The summed E-state index contributed by atoms with van der Waals surface area (Å²) in [7, 11) is 4.58. The van der Waals surface area contributed by atoms with Crippen LogP contribution < -0.4 is 24.7 Å². The zero-order chi connectivity index (χ0) is 14.3. The highest BCUT2D eigenvalue weighted by Gasteiger charge is 2.13. The molecule has 0 bridgehead atoms. The number of ether oxygens (including phenoxy) is 4. The van der Waals surface area contributed by atoms with Crippen LogP contribution in [0.15, 0.2) is 17.3 Å². The molecule has 0 aromatic heterocycles. The molecule has 0 atom stereocenters. The zero-order valence-electron chi connectivity index (χ0n) is 11.2. The van der Waals surface area contributed by atoms with Gasteiger partial charge in [-0.2, -0.15) is 0 Å². The Balaban J connectivity index is 2.84. The summed E-state index contributed by atoms with van der Waals surface area (Å²) in [5.41, 5.74) is 5.35. The topological polar surface area (TPSA) is 95.5 Å².